The van der Waals surface area contributed by atoms with E-state index in [0.29, 0.717) is 0 Å². The van der Waals surface area contributed by atoms with E-state index in [0.717, 1.165) is 10.8 Å². The monoisotopic (exact) mass is 154 g/mol. The molecule has 0 radical (unpaired) electrons. The van der Waals surface area contributed by atoms with Gasteiger partial charge in [-0.25, -0.2) is 0 Å². The SMILES string of the molecule is c1ccc(CC23C4C5C2C543)cc1. The van der Waals surface area contributed by atoms with Gasteiger partial charge in [0.25, 0.3) is 0 Å². The van der Waals surface area contributed by atoms with Crippen molar-refractivity contribution in [2.45, 2.75) is 6.42 Å². The zero-order valence-electron chi connectivity index (χ0n) is 6.83. The molecule has 0 amide bonds. The van der Waals surface area contributed by atoms with E-state index in [9.17, 15) is 0 Å². The van der Waals surface area contributed by atoms with Crippen LogP contribution in [0.4, 0.5) is 0 Å². The fraction of sp³-hybridized carbons (Fsp3) is 0.500. The molecular formula is C12H10. The molecule has 0 N–H and O–H groups in total. The molecule has 0 nitrogen and oxygen atoms in total. The second-order valence-electron chi connectivity index (χ2n) is 5.12. The topological polar surface area (TPSA) is 0 Å². The van der Waals surface area contributed by atoms with Crippen molar-refractivity contribution in [3.63, 3.8) is 0 Å². The van der Waals surface area contributed by atoms with Gasteiger partial charge < -0.3 is 0 Å². The van der Waals surface area contributed by atoms with Gasteiger partial charge in [0.05, 0.1) is 0 Å². The maximum Gasteiger partial charge on any atom is -0.0118 e. The van der Waals surface area contributed by atoms with Gasteiger partial charge in [0.15, 0.2) is 0 Å². The third-order valence-electron chi connectivity index (χ3n) is 5.17. The molecule has 4 aliphatic rings. The van der Waals surface area contributed by atoms with Gasteiger partial charge in [0.1, 0.15) is 0 Å². The van der Waals surface area contributed by atoms with Crippen LogP contribution in [0.3, 0.4) is 0 Å². The Morgan fingerprint density at radius 3 is 2.25 bits per heavy atom. The van der Waals surface area contributed by atoms with E-state index in [1.807, 2.05) is 0 Å². The summed E-state index contributed by atoms with van der Waals surface area (Å²) >= 11 is 0. The molecule has 1 aromatic carbocycles. The van der Waals surface area contributed by atoms with Crippen molar-refractivity contribution >= 4 is 0 Å². The zero-order chi connectivity index (χ0) is 7.55. The normalized spacial score (nSPS) is 64.8. The van der Waals surface area contributed by atoms with Crippen molar-refractivity contribution < 1.29 is 0 Å². The van der Waals surface area contributed by atoms with Gasteiger partial charge in [0, 0.05) is 0 Å². The van der Waals surface area contributed by atoms with E-state index >= 15 is 0 Å². The molecule has 0 heterocycles. The summed E-state index contributed by atoms with van der Waals surface area (Å²) in [5.41, 5.74) is 3.51. The number of hydrogen-bond donors (Lipinski definition) is 0. The lowest BCUT2D eigenvalue weighted by atomic mass is 9.80. The van der Waals surface area contributed by atoms with Crippen molar-refractivity contribution in [1.82, 2.24) is 0 Å². The van der Waals surface area contributed by atoms with E-state index in [1.165, 1.54) is 24.2 Å². The maximum atomic E-state index is 2.29. The second kappa shape index (κ2) is 1.02. The maximum absolute atomic E-state index is 2.29. The van der Waals surface area contributed by atoms with Gasteiger partial charge in [-0.15, -0.1) is 0 Å². The highest BCUT2D eigenvalue weighted by molar-refractivity contribution is 5.75. The minimum Gasteiger partial charge on any atom is -0.0622 e. The standard InChI is InChI=1S/C12H10/c1-2-4-7(5-3-1)6-11-9-8-10(11)12(8,9)11/h1-5,8-10H,6H2. The minimum absolute atomic E-state index is 0.916. The van der Waals surface area contributed by atoms with Gasteiger partial charge in [-0.1, -0.05) is 30.3 Å². The molecule has 0 saturated heterocycles. The fourth-order valence-corrected chi connectivity index (χ4v) is 4.46. The van der Waals surface area contributed by atoms with Crippen LogP contribution < -0.4 is 0 Å². The lowest BCUT2D eigenvalue weighted by Gasteiger charge is -2.23. The number of hydrogen-bond acceptors (Lipinski definition) is 0. The Morgan fingerprint density at radius 1 is 1.08 bits per heavy atom. The lowest BCUT2D eigenvalue weighted by molar-refractivity contribution is 0.270. The Morgan fingerprint density at radius 2 is 1.75 bits per heavy atom. The Hall–Kier alpha value is -0.780. The predicted molar refractivity (Wildman–Crippen MR) is 45.5 cm³/mol. The van der Waals surface area contributed by atoms with Gasteiger partial charge >= 0.3 is 0 Å². The molecule has 58 valence electrons. The van der Waals surface area contributed by atoms with Crippen molar-refractivity contribution in [3.8, 4) is 0 Å². The van der Waals surface area contributed by atoms with E-state index in [1.54, 1.807) is 5.56 Å². The highest BCUT2D eigenvalue weighted by Gasteiger charge is 3.28. The third-order valence-corrected chi connectivity index (χ3v) is 5.17. The Bertz CT molecular complexity index is 391. The molecular weight excluding hydrogens is 144 g/mol. The first kappa shape index (κ1) is 5.06. The molecule has 12 heavy (non-hydrogen) atoms. The highest BCUT2D eigenvalue weighted by Crippen LogP contribution is 3.30. The summed E-state index contributed by atoms with van der Waals surface area (Å²) in [7, 11) is 0. The molecule has 5 rings (SSSR count). The third kappa shape index (κ3) is 0.237. The summed E-state index contributed by atoms with van der Waals surface area (Å²) in [6.07, 6.45) is 1.40. The van der Waals surface area contributed by atoms with Crippen LogP contribution in [0.5, 0.6) is 0 Å². The number of rotatable bonds is 2. The molecule has 1 aromatic rings. The summed E-state index contributed by atoms with van der Waals surface area (Å²) in [6.45, 7) is 0. The Kier molecular flexibility index (Phi) is 0.429. The van der Waals surface area contributed by atoms with Gasteiger partial charge in [-0.2, -0.15) is 0 Å². The molecule has 2 unspecified atom stereocenters. The molecule has 4 aliphatic carbocycles. The second-order valence-corrected chi connectivity index (χ2v) is 5.12. The molecule has 0 aliphatic heterocycles. The van der Waals surface area contributed by atoms with Crippen LogP contribution >= 0.6 is 0 Å². The lowest BCUT2D eigenvalue weighted by Crippen LogP contribution is -2.20. The molecule has 1 spiro atoms. The quantitative estimate of drug-likeness (QED) is 0.612. The average Bonchev–Trinajstić information content (AvgIpc) is 2.92. The predicted octanol–water partition coefficient (Wildman–Crippen LogP) is 2.10. The van der Waals surface area contributed by atoms with Crippen LogP contribution in [0, 0.1) is 28.6 Å². The summed E-state index contributed by atoms with van der Waals surface area (Å²) in [6, 6.07) is 11.0. The van der Waals surface area contributed by atoms with Crippen LogP contribution in [-0.2, 0) is 6.42 Å². The number of fused-ring (bicyclic) bond motifs is 4. The summed E-state index contributed by atoms with van der Waals surface area (Å²) < 4.78 is 0. The van der Waals surface area contributed by atoms with Crippen molar-refractivity contribution in [1.29, 1.82) is 0 Å². The molecule has 0 aromatic heterocycles. The fourth-order valence-electron chi connectivity index (χ4n) is 4.46. The van der Waals surface area contributed by atoms with E-state index in [4.69, 9.17) is 0 Å². The Labute approximate surface area is 71.6 Å². The largest absolute Gasteiger partial charge is 0.0622 e. The van der Waals surface area contributed by atoms with Crippen molar-refractivity contribution in [3.05, 3.63) is 35.9 Å². The van der Waals surface area contributed by atoms with Gasteiger partial charge in [-0.3, -0.25) is 0 Å². The summed E-state index contributed by atoms with van der Waals surface area (Å²) in [4.78, 5) is 0. The first-order chi connectivity index (χ1) is 5.94. The molecule has 4 fully saturated rings. The van der Waals surface area contributed by atoms with Gasteiger partial charge in [0.2, 0.25) is 0 Å². The molecule has 4 saturated carbocycles. The van der Waals surface area contributed by atoms with Crippen LogP contribution in [0.25, 0.3) is 0 Å². The highest BCUT2D eigenvalue weighted by atomic mass is 15.3. The van der Waals surface area contributed by atoms with Crippen LogP contribution in [-0.4, -0.2) is 0 Å². The molecule has 2 atom stereocenters. The van der Waals surface area contributed by atoms with Crippen molar-refractivity contribution in [2.24, 2.45) is 28.6 Å². The summed E-state index contributed by atoms with van der Waals surface area (Å²) in [5, 5.41) is 0. The van der Waals surface area contributed by atoms with Gasteiger partial charge in [-0.05, 0) is 40.6 Å². The van der Waals surface area contributed by atoms with E-state index in [2.05, 4.69) is 30.3 Å². The first-order valence-corrected chi connectivity index (χ1v) is 4.98. The average molecular weight is 154 g/mol. The minimum atomic E-state index is 0.916. The van der Waals surface area contributed by atoms with E-state index < -0.39 is 0 Å². The zero-order valence-corrected chi connectivity index (χ0v) is 6.83. The van der Waals surface area contributed by atoms with E-state index in [-0.39, 0.29) is 0 Å². The van der Waals surface area contributed by atoms with Crippen LogP contribution in [0.15, 0.2) is 30.3 Å². The van der Waals surface area contributed by atoms with Crippen LogP contribution in [0.2, 0.25) is 0 Å². The first-order valence-electron chi connectivity index (χ1n) is 4.98. The summed E-state index contributed by atoms with van der Waals surface area (Å²) in [5.74, 6) is 3.73. The molecule has 0 bridgehead atoms. The Balaban J connectivity index is 1.52. The van der Waals surface area contributed by atoms with Crippen LogP contribution in [0.1, 0.15) is 5.56 Å². The molecule has 0 heteroatoms. The van der Waals surface area contributed by atoms with Crippen molar-refractivity contribution in [2.75, 3.05) is 0 Å². The number of benzene rings is 1. The smallest absolute Gasteiger partial charge is 0.0118 e.